The Morgan fingerprint density at radius 3 is 2.65 bits per heavy atom. The molecule has 0 bridgehead atoms. The molecule has 17 heavy (non-hydrogen) atoms. The maximum Gasteiger partial charge on any atom is 0.389 e. The van der Waals surface area contributed by atoms with Crippen LogP contribution in [0.5, 0.6) is 0 Å². The molecular weight excluding hydrogens is 229 g/mol. The van der Waals surface area contributed by atoms with Crippen LogP contribution in [0, 0.1) is 0 Å². The summed E-state index contributed by atoms with van der Waals surface area (Å²) < 4.78 is 35.7. The highest BCUT2D eigenvalue weighted by Gasteiger charge is 2.25. The Labute approximate surface area is 96.8 Å². The number of H-pyrrole nitrogens is 1. The van der Waals surface area contributed by atoms with Gasteiger partial charge in [0.05, 0.1) is 0 Å². The van der Waals surface area contributed by atoms with Crippen LogP contribution in [0.2, 0.25) is 0 Å². The van der Waals surface area contributed by atoms with E-state index in [0.717, 1.165) is 16.7 Å². The summed E-state index contributed by atoms with van der Waals surface area (Å²) in [6.07, 6.45) is -4.73. The van der Waals surface area contributed by atoms with Crippen LogP contribution in [0.15, 0.2) is 30.3 Å². The van der Waals surface area contributed by atoms with Gasteiger partial charge in [0, 0.05) is 23.9 Å². The highest BCUT2D eigenvalue weighted by molar-refractivity contribution is 5.83. The fraction of sp³-hybridized carbons (Fsp3) is 0.333. The molecule has 2 N–H and O–H groups in total. The fourth-order valence-electron chi connectivity index (χ4n) is 1.68. The van der Waals surface area contributed by atoms with Crippen molar-refractivity contribution in [2.75, 3.05) is 11.9 Å². The van der Waals surface area contributed by atoms with E-state index in [1.807, 2.05) is 30.3 Å². The molecule has 1 aromatic heterocycles. The molecule has 0 aliphatic heterocycles. The van der Waals surface area contributed by atoms with E-state index in [4.69, 9.17) is 0 Å². The number of anilines is 1. The second kappa shape index (κ2) is 4.69. The lowest BCUT2D eigenvalue weighted by Gasteiger charge is -2.06. The molecule has 1 heterocycles. The maximum absolute atomic E-state index is 11.9. The van der Waals surface area contributed by atoms with E-state index in [2.05, 4.69) is 10.3 Å². The minimum absolute atomic E-state index is 0.0822. The highest BCUT2D eigenvalue weighted by atomic mass is 19.4. The van der Waals surface area contributed by atoms with Gasteiger partial charge in [-0.15, -0.1) is 0 Å². The second-order valence-corrected chi connectivity index (χ2v) is 3.92. The average Bonchev–Trinajstić information content (AvgIpc) is 2.65. The molecule has 5 heteroatoms. The number of nitrogens with one attached hydrogen (secondary N) is 2. The first-order chi connectivity index (χ1) is 8.04. The fourth-order valence-corrected chi connectivity index (χ4v) is 1.68. The zero-order valence-electron chi connectivity index (χ0n) is 9.14. The number of rotatable bonds is 4. The molecule has 0 saturated heterocycles. The quantitative estimate of drug-likeness (QED) is 0.781. The van der Waals surface area contributed by atoms with E-state index in [1.165, 1.54) is 0 Å². The molecule has 2 rings (SSSR count). The van der Waals surface area contributed by atoms with Crippen molar-refractivity contribution in [3.63, 3.8) is 0 Å². The van der Waals surface area contributed by atoms with Crippen molar-refractivity contribution in [3.8, 4) is 0 Å². The van der Waals surface area contributed by atoms with Gasteiger partial charge in [-0.2, -0.15) is 13.2 Å². The van der Waals surface area contributed by atoms with Gasteiger partial charge < -0.3 is 10.3 Å². The molecular formula is C12H13F3N2. The van der Waals surface area contributed by atoms with Crippen LogP contribution in [0.4, 0.5) is 19.0 Å². The lowest BCUT2D eigenvalue weighted by Crippen LogP contribution is -2.10. The third kappa shape index (κ3) is 3.41. The van der Waals surface area contributed by atoms with E-state index in [1.54, 1.807) is 0 Å². The van der Waals surface area contributed by atoms with Gasteiger partial charge in [-0.1, -0.05) is 18.2 Å². The topological polar surface area (TPSA) is 27.8 Å². The third-order valence-corrected chi connectivity index (χ3v) is 2.48. The minimum atomic E-state index is -4.07. The van der Waals surface area contributed by atoms with E-state index < -0.39 is 12.6 Å². The van der Waals surface area contributed by atoms with Crippen LogP contribution >= 0.6 is 0 Å². The van der Waals surface area contributed by atoms with Gasteiger partial charge in [-0.3, -0.25) is 0 Å². The Hall–Kier alpha value is -1.65. The largest absolute Gasteiger partial charge is 0.389 e. The molecule has 2 aromatic rings. The molecule has 1 aromatic carbocycles. The van der Waals surface area contributed by atoms with Crippen molar-refractivity contribution in [1.82, 2.24) is 4.98 Å². The maximum atomic E-state index is 11.9. The monoisotopic (exact) mass is 242 g/mol. The van der Waals surface area contributed by atoms with Gasteiger partial charge in [0.2, 0.25) is 0 Å². The summed E-state index contributed by atoms with van der Waals surface area (Å²) >= 11 is 0. The number of fused-ring (bicyclic) bond motifs is 1. The first-order valence-electron chi connectivity index (χ1n) is 5.43. The summed E-state index contributed by atoms with van der Waals surface area (Å²) in [5.74, 6) is 0.758. The van der Waals surface area contributed by atoms with Crippen molar-refractivity contribution in [2.45, 2.75) is 19.0 Å². The number of para-hydroxylation sites is 1. The zero-order valence-corrected chi connectivity index (χ0v) is 9.14. The standard InChI is InChI=1S/C12H13F3N2/c13-12(14,15)6-3-7-16-11-8-9-4-1-2-5-10(9)17-11/h1-2,4-5,8,16-17H,3,6-7H2. The Bertz CT molecular complexity index is 455. The lowest BCUT2D eigenvalue weighted by molar-refractivity contribution is -0.134. The molecule has 0 amide bonds. The Morgan fingerprint density at radius 1 is 1.18 bits per heavy atom. The van der Waals surface area contributed by atoms with Gasteiger partial charge >= 0.3 is 6.18 Å². The normalized spacial score (nSPS) is 11.9. The van der Waals surface area contributed by atoms with Gasteiger partial charge in [-0.25, -0.2) is 0 Å². The van der Waals surface area contributed by atoms with Crippen molar-refractivity contribution in [1.29, 1.82) is 0 Å². The van der Waals surface area contributed by atoms with Gasteiger partial charge in [0.25, 0.3) is 0 Å². The highest BCUT2D eigenvalue weighted by Crippen LogP contribution is 2.22. The van der Waals surface area contributed by atoms with Crippen molar-refractivity contribution in [3.05, 3.63) is 30.3 Å². The van der Waals surface area contributed by atoms with Crippen molar-refractivity contribution < 1.29 is 13.2 Å². The molecule has 0 aliphatic rings. The molecule has 0 aliphatic carbocycles. The number of halogens is 3. The summed E-state index contributed by atoms with van der Waals surface area (Å²) in [7, 11) is 0. The van der Waals surface area contributed by atoms with Crippen LogP contribution in [-0.4, -0.2) is 17.7 Å². The lowest BCUT2D eigenvalue weighted by atomic mass is 10.2. The van der Waals surface area contributed by atoms with Crippen LogP contribution in [0.25, 0.3) is 10.9 Å². The van der Waals surface area contributed by atoms with Crippen molar-refractivity contribution in [2.24, 2.45) is 0 Å². The smallest absolute Gasteiger partial charge is 0.372 e. The predicted molar refractivity (Wildman–Crippen MR) is 62.1 cm³/mol. The van der Waals surface area contributed by atoms with Crippen LogP contribution < -0.4 is 5.32 Å². The zero-order chi connectivity index (χ0) is 12.3. The Balaban J connectivity index is 1.87. The number of aromatic amines is 1. The van der Waals surface area contributed by atoms with Gasteiger partial charge in [0.15, 0.2) is 0 Å². The average molecular weight is 242 g/mol. The van der Waals surface area contributed by atoms with Gasteiger partial charge in [0.1, 0.15) is 5.82 Å². The number of benzene rings is 1. The van der Waals surface area contributed by atoms with E-state index in [-0.39, 0.29) is 6.42 Å². The third-order valence-electron chi connectivity index (χ3n) is 2.48. The summed E-state index contributed by atoms with van der Waals surface area (Å²) in [5, 5.41) is 4.00. The number of hydrogen-bond donors (Lipinski definition) is 2. The number of alkyl halides is 3. The van der Waals surface area contributed by atoms with Crippen LogP contribution in [-0.2, 0) is 0 Å². The van der Waals surface area contributed by atoms with E-state index in [0.29, 0.717) is 6.54 Å². The number of aromatic nitrogens is 1. The summed E-state index contributed by atoms with van der Waals surface area (Å²) in [6, 6.07) is 9.60. The van der Waals surface area contributed by atoms with Crippen LogP contribution in [0.3, 0.4) is 0 Å². The molecule has 0 atom stereocenters. The molecule has 0 fully saturated rings. The summed E-state index contributed by atoms with van der Waals surface area (Å²) in [6.45, 7) is 0.312. The summed E-state index contributed by atoms with van der Waals surface area (Å²) in [4.78, 5) is 3.10. The van der Waals surface area contributed by atoms with Crippen LogP contribution in [0.1, 0.15) is 12.8 Å². The first kappa shape index (κ1) is 11.8. The van der Waals surface area contributed by atoms with Gasteiger partial charge in [-0.05, 0) is 18.6 Å². The SMILES string of the molecule is FC(F)(F)CCCNc1cc2ccccc2[nH]1. The van der Waals surface area contributed by atoms with Crippen molar-refractivity contribution >= 4 is 16.7 Å². The summed E-state index contributed by atoms with van der Waals surface area (Å²) in [5.41, 5.74) is 0.978. The molecule has 0 spiro atoms. The first-order valence-corrected chi connectivity index (χ1v) is 5.43. The minimum Gasteiger partial charge on any atom is -0.372 e. The molecule has 0 saturated carbocycles. The Kier molecular flexibility index (Phi) is 3.26. The molecule has 0 unspecified atom stereocenters. The molecule has 0 radical (unpaired) electrons. The van der Waals surface area contributed by atoms with E-state index >= 15 is 0 Å². The van der Waals surface area contributed by atoms with E-state index in [9.17, 15) is 13.2 Å². The second-order valence-electron chi connectivity index (χ2n) is 3.92. The number of hydrogen-bond acceptors (Lipinski definition) is 1. The predicted octanol–water partition coefficient (Wildman–Crippen LogP) is 3.92. The molecule has 2 nitrogen and oxygen atoms in total. The molecule has 92 valence electrons. The Morgan fingerprint density at radius 2 is 1.94 bits per heavy atom.